The molecule has 0 spiro atoms. The van der Waals surface area contributed by atoms with Crippen molar-refractivity contribution in [3.8, 4) is 11.1 Å². The molecule has 0 bridgehead atoms. The Kier molecular flexibility index (Phi) is 6.77. The smallest absolute Gasteiger partial charge is 0.228 e. The molecular formula is C31H36N2O2. The van der Waals surface area contributed by atoms with E-state index in [1.807, 2.05) is 18.2 Å². The van der Waals surface area contributed by atoms with Crippen molar-refractivity contribution in [2.24, 2.45) is 5.92 Å². The molecule has 3 atom stereocenters. The van der Waals surface area contributed by atoms with Crippen LogP contribution in [0.5, 0.6) is 0 Å². The van der Waals surface area contributed by atoms with Crippen molar-refractivity contribution in [2.45, 2.75) is 38.1 Å². The maximum atomic E-state index is 14.0. The van der Waals surface area contributed by atoms with Gasteiger partial charge in [0.05, 0.1) is 25.2 Å². The Balaban J connectivity index is 1.44. The van der Waals surface area contributed by atoms with Gasteiger partial charge in [-0.1, -0.05) is 99.6 Å². The van der Waals surface area contributed by atoms with Crippen molar-refractivity contribution in [1.29, 1.82) is 0 Å². The summed E-state index contributed by atoms with van der Waals surface area (Å²) in [6.45, 7) is 10.0. The van der Waals surface area contributed by atoms with Crippen molar-refractivity contribution in [1.82, 2.24) is 10.2 Å². The third-order valence-corrected chi connectivity index (χ3v) is 7.55. The highest BCUT2D eigenvalue weighted by Gasteiger charge is 2.40. The number of ether oxygens (including phenoxy) is 1. The number of nitrogens with zero attached hydrogens (tertiary/aromatic N) is 1. The van der Waals surface area contributed by atoms with Crippen LogP contribution >= 0.6 is 0 Å². The van der Waals surface area contributed by atoms with Gasteiger partial charge >= 0.3 is 0 Å². The second-order valence-corrected chi connectivity index (χ2v) is 10.8. The van der Waals surface area contributed by atoms with Gasteiger partial charge in [0.2, 0.25) is 5.91 Å². The summed E-state index contributed by atoms with van der Waals surface area (Å²) < 4.78 is 5.79. The topological polar surface area (TPSA) is 41.6 Å². The molecule has 2 aliphatic heterocycles. The molecule has 0 radical (unpaired) electrons. The SMILES string of the molecule is CC(C)(C)c1ccc(-c2ccccc2[C@@H]2CNCC2C(=O)N2CCOC[C@@H]2c2ccccc2)cc1. The molecule has 4 nitrogen and oxygen atoms in total. The number of amides is 1. The molecule has 3 aromatic rings. The number of benzene rings is 3. The third kappa shape index (κ3) is 4.91. The van der Waals surface area contributed by atoms with E-state index in [9.17, 15) is 4.79 Å². The van der Waals surface area contributed by atoms with Crippen molar-refractivity contribution < 1.29 is 9.53 Å². The number of carbonyl (C=O) groups excluding carboxylic acids is 1. The molecule has 0 aromatic heterocycles. The Bertz CT molecular complexity index is 1150. The first-order valence-electron chi connectivity index (χ1n) is 12.8. The Morgan fingerprint density at radius 3 is 2.37 bits per heavy atom. The fraction of sp³-hybridized carbons (Fsp3) is 0.387. The molecule has 2 saturated heterocycles. The second kappa shape index (κ2) is 9.96. The summed E-state index contributed by atoms with van der Waals surface area (Å²) in [4.78, 5) is 16.1. The molecule has 1 unspecified atom stereocenters. The van der Waals surface area contributed by atoms with Crippen LogP contribution in [0.3, 0.4) is 0 Å². The van der Waals surface area contributed by atoms with Crippen LogP contribution in [-0.4, -0.2) is 43.7 Å². The van der Waals surface area contributed by atoms with E-state index >= 15 is 0 Å². The average molecular weight is 469 g/mol. The van der Waals surface area contributed by atoms with Crippen LogP contribution in [0, 0.1) is 5.92 Å². The van der Waals surface area contributed by atoms with Gasteiger partial charge in [0, 0.05) is 25.6 Å². The summed E-state index contributed by atoms with van der Waals surface area (Å²) in [5.41, 5.74) is 6.28. The zero-order valence-electron chi connectivity index (χ0n) is 21.0. The number of morpholine rings is 1. The molecule has 2 heterocycles. The summed E-state index contributed by atoms with van der Waals surface area (Å²) in [6.07, 6.45) is 0. The largest absolute Gasteiger partial charge is 0.377 e. The fourth-order valence-electron chi connectivity index (χ4n) is 5.53. The number of rotatable bonds is 4. The predicted molar refractivity (Wildman–Crippen MR) is 141 cm³/mol. The lowest BCUT2D eigenvalue weighted by molar-refractivity contribution is -0.144. The van der Waals surface area contributed by atoms with Crippen LogP contribution in [-0.2, 0) is 14.9 Å². The van der Waals surface area contributed by atoms with Gasteiger partial charge in [0.1, 0.15) is 0 Å². The number of hydrogen-bond acceptors (Lipinski definition) is 3. The highest BCUT2D eigenvalue weighted by atomic mass is 16.5. The van der Waals surface area contributed by atoms with Gasteiger partial charge in [0.25, 0.3) is 0 Å². The lowest BCUT2D eigenvalue weighted by Gasteiger charge is -2.38. The molecule has 2 aliphatic rings. The number of carbonyl (C=O) groups is 1. The molecule has 2 fully saturated rings. The van der Waals surface area contributed by atoms with Crippen LogP contribution in [0.1, 0.15) is 49.4 Å². The quantitative estimate of drug-likeness (QED) is 0.546. The molecule has 1 amide bonds. The van der Waals surface area contributed by atoms with E-state index < -0.39 is 0 Å². The molecule has 3 aromatic carbocycles. The Morgan fingerprint density at radius 2 is 1.63 bits per heavy atom. The zero-order valence-corrected chi connectivity index (χ0v) is 21.0. The maximum Gasteiger partial charge on any atom is 0.228 e. The minimum atomic E-state index is -0.0886. The van der Waals surface area contributed by atoms with Crippen LogP contribution in [0.4, 0.5) is 0 Å². The summed E-state index contributed by atoms with van der Waals surface area (Å²) in [7, 11) is 0. The maximum absolute atomic E-state index is 14.0. The van der Waals surface area contributed by atoms with Crippen molar-refractivity contribution in [2.75, 3.05) is 32.8 Å². The molecule has 35 heavy (non-hydrogen) atoms. The molecule has 182 valence electrons. The monoisotopic (exact) mass is 468 g/mol. The second-order valence-electron chi connectivity index (χ2n) is 10.8. The zero-order chi connectivity index (χ0) is 24.4. The number of hydrogen-bond donors (Lipinski definition) is 1. The Labute approximate surface area is 209 Å². The highest BCUT2D eigenvalue weighted by Crippen LogP contribution is 2.38. The first-order valence-corrected chi connectivity index (χ1v) is 12.8. The van der Waals surface area contributed by atoms with Gasteiger partial charge in [-0.15, -0.1) is 0 Å². The molecule has 0 saturated carbocycles. The van der Waals surface area contributed by atoms with Crippen LogP contribution in [0.25, 0.3) is 11.1 Å². The van der Waals surface area contributed by atoms with Crippen LogP contribution in [0.15, 0.2) is 78.9 Å². The average Bonchev–Trinajstić information content (AvgIpc) is 3.38. The molecule has 1 N–H and O–H groups in total. The van der Waals surface area contributed by atoms with Gasteiger partial charge in [-0.05, 0) is 33.2 Å². The fourth-order valence-corrected chi connectivity index (χ4v) is 5.53. The van der Waals surface area contributed by atoms with Crippen molar-refractivity contribution in [3.05, 3.63) is 95.6 Å². The van der Waals surface area contributed by atoms with E-state index in [1.165, 1.54) is 22.3 Å². The number of nitrogens with one attached hydrogen (secondary N) is 1. The predicted octanol–water partition coefficient (Wildman–Crippen LogP) is 5.55. The van der Waals surface area contributed by atoms with E-state index in [-0.39, 0.29) is 29.2 Å². The lowest BCUT2D eigenvalue weighted by atomic mass is 9.82. The standard InChI is InChI=1S/C31H36N2O2/c1-31(2,3)24-15-13-22(14-16-24)25-11-7-8-12-26(25)27-19-32-20-28(27)30(34)33-17-18-35-21-29(33)23-9-5-4-6-10-23/h4-16,27-29,32H,17-21H2,1-3H3/t27-,28?,29+/m0/s1. The first-order chi connectivity index (χ1) is 16.9. The van der Waals surface area contributed by atoms with Crippen LogP contribution < -0.4 is 5.32 Å². The van der Waals surface area contributed by atoms with Gasteiger partial charge in [0.15, 0.2) is 0 Å². The van der Waals surface area contributed by atoms with Gasteiger partial charge < -0.3 is 15.0 Å². The van der Waals surface area contributed by atoms with Crippen LogP contribution in [0.2, 0.25) is 0 Å². The highest BCUT2D eigenvalue weighted by molar-refractivity contribution is 5.82. The molecular weight excluding hydrogens is 432 g/mol. The van der Waals surface area contributed by atoms with E-state index in [1.54, 1.807) is 0 Å². The van der Waals surface area contributed by atoms with Crippen molar-refractivity contribution in [3.63, 3.8) is 0 Å². The van der Waals surface area contributed by atoms with E-state index in [0.29, 0.717) is 26.3 Å². The van der Waals surface area contributed by atoms with E-state index in [2.05, 4.69) is 91.7 Å². The Morgan fingerprint density at radius 1 is 0.914 bits per heavy atom. The van der Waals surface area contributed by atoms with E-state index in [0.717, 1.165) is 12.1 Å². The summed E-state index contributed by atoms with van der Waals surface area (Å²) in [5.74, 6) is 0.282. The third-order valence-electron chi connectivity index (χ3n) is 7.55. The minimum absolute atomic E-state index is 0.0288. The lowest BCUT2D eigenvalue weighted by Crippen LogP contribution is -2.47. The van der Waals surface area contributed by atoms with Gasteiger partial charge in [-0.25, -0.2) is 0 Å². The molecule has 0 aliphatic carbocycles. The normalized spacial score (nSPS) is 22.8. The summed E-state index contributed by atoms with van der Waals surface area (Å²) in [6, 6.07) is 27.8. The molecule has 5 rings (SSSR count). The van der Waals surface area contributed by atoms with E-state index in [4.69, 9.17) is 4.74 Å². The summed E-state index contributed by atoms with van der Waals surface area (Å²) in [5, 5.41) is 3.52. The first kappa shape index (κ1) is 23.8. The summed E-state index contributed by atoms with van der Waals surface area (Å²) >= 11 is 0. The van der Waals surface area contributed by atoms with Gasteiger partial charge in [-0.3, -0.25) is 4.79 Å². The minimum Gasteiger partial charge on any atom is -0.377 e. The van der Waals surface area contributed by atoms with Gasteiger partial charge in [-0.2, -0.15) is 0 Å². The molecule has 4 heteroatoms. The Hall–Kier alpha value is -2.95. The van der Waals surface area contributed by atoms with Crippen molar-refractivity contribution >= 4 is 5.91 Å².